The maximum absolute atomic E-state index is 9.15. The van der Waals surface area contributed by atoms with Crippen LogP contribution in [0.15, 0.2) is 18.2 Å². The van der Waals surface area contributed by atoms with E-state index in [9.17, 15) is 0 Å². The molecule has 3 nitrogen and oxygen atoms in total. The summed E-state index contributed by atoms with van der Waals surface area (Å²) >= 11 is 30.2. The molecule has 0 aliphatic rings. The fraction of sp³-hybridized carbons (Fsp3) is 0. The van der Waals surface area contributed by atoms with E-state index in [1.807, 2.05) is 0 Å². The van der Waals surface area contributed by atoms with Crippen LogP contribution < -0.4 is 4.74 Å². The molecule has 0 atom stereocenters. The molecular formula is C14H3Cl5N2O. The van der Waals surface area contributed by atoms with Gasteiger partial charge in [-0.2, -0.15) is 10.5 Å². The van der Waals surface area contributed by atoms with Crippen molar-refractivity contribution in [1.82, 2.24) is 0 Å². The van der Waals surface area contributed by atoms with Gasteiger partial charge in [-0.25, -0.2) is 0 Å². The quantitative estimate of drug-likeness (QED) is 0.549. The SMILES string of the molecule is N#Cc1c(Cl)c(Cl)c(Oc2c(Cl)cccc2Cl)c(Cl)c1C#N. The van der Waals surface area contributed by atoms with Gasteiger partial charge in [0, 0.05) is 0 Å². The van der Waals surface area contributed by atoms with E-state index in [1.165, 1.54) is 0 Å². The predicted molar refractivity (Wildman–Crippen MR) is 87.4 cm³/mol. The third kappa shape index (κ3) is 2.92. The topological polar surface area (TPSA) is 56.8 Å². The number of rotatable bonds is 2. The van der Waals surface area contributed by atoms with Crippen molar-refractivity contribution in [2.45, 2.75) is 0 Å². The molecular weight excluding hydrogens is 389 g/mol. The maximum Gasteiger partial charge on any atom is 0.167 e. The zero-order chi connectivity index (χ0) is 16.4. The largest absolute Gasteiger partial charge is 0.451 e. The third-order valence-electron chi connectivity index (χ3n) is 2.63. The van der Waals surface area contributed by atoms with Crippen LogP contribution in [-0.2, 0) is 0 Å². The van der Waals surface area contributed by atoms with Gasteiger partial charge in [0.15, 0.2) is 11.5 Å². The molecule has 0 aliphatic carbocycles. The van der Waals surface area contributed by atoms with Crippen molar-refractivity contribution in [2.75, 3.05) is 0 Å². The van der Waals surface area contributed by atoms with Gasteiger partial charge in [0.25, 0.3) is 0 Å². The summed E-state index contributed by atoms with van der Waals surface area (Å²) < 4.78 is 5.55. The summed E-state index contributed by atoms with van der Waals surface area (Å²) in [5.41, 5.74) is -0.270. The van der Waals surface area contributed by atoms with Crippen LogP contribution in [0, 0.1) is 22.7 Å². The first-order valence-corrected chi connectivity index (χ1v) is 7.43. The van der Waals surface area contributed by atoms with E-state index < -0.39 is 0 Å². The molecule has 0 fully saturated rings. The number of halogens is 5. The maximum atomic E-state index is 9.15. The molecule has 110 valence electrons. The fourth-order valence-electron chi connectivity index (χ4n) is 1.62. The average Bonchev–Trinajstić information content (AvgIpc) is 2.49. The van der Waals surface area contributed by atoms with E-state index in [0.29, 0.717) is 0 Å². The molecule has 8 heteroatoms. The molecule has 2 aromatic carbocycles. The zero-order valence-electron chi connectivity index (χ0n) is 10.4. The van der Waals surface area contributed by atoms with Gasteiger partial charge in [0.05, 0.1) is 26.2 Å². The molecule has 22 heavy (non-hydrogen) atoms. The minimum Gasteiger partial charge on any atom is -0.451 e. The smallest absolute Gasteiger partial charge is 0.167 e. The lowest BCUT2D eigenvalue weighted by atomic mass is 10.1. The monoisotopic (exact) mass is 390 g/mol. The van der Waals surface area contributed by atoms with Gasteiger partial charge in [0.2, 0.25) is 0 Å². The summed E-state index contributed by atoms with van der Waals surface area (Å²) in [5.74, 6) is 0.0122. The highest BCUT2D eigenvalue weighted by atomic mass is 35.5. The number of ether oxygens (including phenoxy) is 1. The Morgan fingerprint density at radius 3 is 1.73 bits per heavy atom. The van der Waals surface area contributed by atoms with Gasteiger partial charge in [-0.1, -0.05) is 64.1 Å². The number of hydrogen-bond donors (Lipinski definition) is 0. The molecule has 0 heterocycles. The highest BCUT2D eigenvalue weighted by Gasteiger charge is 2.24. The molecule has 0 bridgehead atoms. The van der Waals surface area contributed by atoms with Crippen molar-refractivity contribution in [3.63, 3.8) is 0 Å². The Labute approximate surface area is 151 Å². The Morgan fingerprint density at radius 2 is 1.23 bits per heavy atom. The summed E-state index contributed by atoms with van der Waals surface area (Å²) in [7, 11) is 0. The molecule has 0 aliphatic heterocycles. The summed E-state index contributed by atoms with van der Waals surface area (Å²) in [6.45, 7) is 0. The number of nitrogens with zero attached hydrogens (tertiary/aromatic N) is 2. The van der Waals surface area contributed by atoms with Gasteiger partial charge in [-0.3, -0.25) is 0 Å². The minimum absolute atomic E-state index is 0.0983. The van der Waals surface area contributed by atoms with E-state index in [-0.39, 0.29) is 47.7 Å². The Bertz CT molecular complexity index is 832. The Morgan fingerprint density at radius 1 is 0.727 bits per heavy atom. The zero-order valence-corrected chi connectivity index (χ0v) is 14.2. The van der Waals surface area contributed by atoms with E-state index >= 15 is 0 Å². The molecule has 0 saturated carbocycles. The molecule has 2 aromatic rings. The van der Waals surface area contributed by atoms with Crippen LogP contribution in [0.4, 0.5) is 0 Å². The van der Waals surface area contributed by atoms with Crippen LogP contribution in [0.1, 0.15) is 11.1 Å². The molecule has 0 unspecified atom stereocenters. The Hall–Kier alpha value is -1.33. The van der Waals surface area contributed by atoms with Crippen LogP contribution in [0.5, 0.6) is 11.5 Å². The van der Waals surface area contributed by atoms with Crippen molar-refractivity contribution in [3.05, 3.63) is 54.4 Å². The number of nitriles is 2. The van der Waals surface area contributed by atoms with Crippen molar-refractivity contribution >= 4 is 58.0 Å². The van der Waals surface area contributed by atoms with E-state index in [0.717, 1.165) is 0 Å². The highest BCUT2D eigenvalue weighted by molar-refractivity contribution is 6.46. The molecule has 0 radical (unpaired) electrons. The summed E-state index contributed by atoms with van der Waals surface area (Å²) in [6.07, 6.45) is 0. The summed E-state index contributed by atoms with van der Waals surface area (Å²) in [6, 6.07) is 8.32. The lowest BCUT2D eigenvalue weighted by Gasteiger charge is -2.14. The second kappa shape index (κ2) is 6.84. The molecule has 0 spiro atoms. The van der Waals surface area contributed by atoms with Crippen LogP contribution >= 0.6 is 58.0 Å². The predicted octanol–water partition coefficient (Wildman–Crippen LogP) is 6.49. The van der Waals surface area contributed by atoms with E-state index in [2.05, 4.69) is 0 Å². The standard InChI is InChI=1S/C14H3Cl5N2O/c15-8-2-1-3-9(16)13(8)22-14-11(18)7(5-21)6(4-20)10(17)12(14)19/h1-3H. The summed E-state index contributed by atoms with van der Waals surface area (Å²) in [5, 5.41) is 18.3. The number of para-hydroxylation sites is 1. The first kappa shape index (κ1) is 17.0. The average molecular weight is 392 g/mol. The first-order valence-electron chi connectivity index (χ1n) is 5.54. The fourth-order valence-corrected chi connectivity index (χ4v) is 2.86. The third-order valence-corrected chi connectivity index (χ3v) is 4.42. The lowest BCUT2D eigenvalue weighted by molar-refractivity contribution is 0.483. The van der Waals surface area contributed by atoms with E-state index in [1.54, 1.807) is 30.3 Å². The van der Waals surface area contributed by atoms with Crippen molar-refractivity contribution < 1.29 is 4.74 Å². The van der Waals surface area contributed by atoms with Crippen LogP contribution in [-0.4, -0.2) is 0 Å². The van der Waals surface area contributed by atoms with Crippen molar-refractivity contribution in [1.29, 1.82) is 10.5 Å². The normalized spacial score (nSPS) is 9.95. The summed E-state index contributed by atoms with van der Waals surface area (Å²) in [4.78, 5) is 0. The van der Waals surface area contributed by atoms with Crippen LogP contribution in [0.2, 0.25) is 25.1 Å². The van der Waals surface area contributed by atoms with Crippen LogP contribution in [0.25, 0.3) is 0 Å². The molecule has 0 aromatic heterocycles. The van der Waals surface area contributed by atoms with E-state index in [4.69, 9.17) is 73.3 Å². The van der Waals surface area contributed by atoms with Gasteiger partial charge in [-0.05, 0) is 12.1 Å². The molecule has 0 N–H and O–H groups in total. The minimum atomic E-state index is -0.149. The Kier molecular flexibility index (Phi) is 5.29. The van der Waals surface area contributed by atoms with Gasteiger partial charge in [0.1, 0.15) is 22.2 Å². The Balaban J connectivity index is 2.71. The van der Waals surface area contributed by atoms with Crippen LogP contribution in [0.3, 0.4) is 0 Å². The lowest BCUT2D eigenvalue weighted by Crippen LogP contribution is -1.95. The highest BCUT2D eigenvalue weighted by Crippen LogP contribution is 2.47. The number of benzene rings is 2. The molecule has 2 rings (SSSR count). The van der Waals surface area contributed by atoms with Crippen molar-refractivity contribution in [2.24, 2.45) is 0 Å². The second-order valence-electron chi connectivity index (χ2n) is 3.90. The van der Waals surface area contributed by atoms with Gasteiger partial charge < -0.3 is 4.74 Å². The van der Waals surface area contributed by atoms with Crippen molar-refractivity contribution in [3.8, 4) is 23.6 Å². The first-order chi connectivity index (χ1) is 10.4. The molecule has 0 amide bonds. The number of hydrogen-bond acceptors (Lipinski definition) is 3. The second-order valence-corrected chi connectivity index (χ2v) is 5.85. The molecule has 0 saturated heterocycles. The van der Waals surface area contributed by atoms with Gasteiger partial charge in [-0.15, -0.1) is 0 Å². The van der Waals surface area contributed by atoms with Gasteiger partial charge >= 0.3 is 0 Å².